The van der Waals surface area contributed by atoms with Crippen molar-refractivity contribution in [1.29, 1.82) is 0 Å². The fourth-order valence-corrected chi connectivity index (χ4v) is 4.42. The number of thioether (sulfide) groups is 1. The van der Waals surface area contributed by atoms with E-state index < -0.39 is 0 Å². The van der Waals surface area contributed by atoms with Crippen molar-refractivity contribution < 1.29 is 14.3 Å². The molecule has 2 aromatic carbocycles. The number of hydrogen-bond acceptors (Lipinski definition) is 6. The molecular formula is C26H33N3O3S. The molecule has 1 fully saturated rings. The zero-order chi connectivity index (χ0) is 23.5. The Hall–Kier alpha value is -2.80. The van der Waals surface area contributed by atoms with Crippen molar-refractivity contribution in [2.75, 3.05) is 13.7 Å². The van der Waals surface area contributed by atoms with Gasteiger partial charge in [0.05, 0.1) is 25.2 Å². The van der Waals surface area contributed by atoms with E-state index in [0.717, 1.165) is 29.7 Å². The number of nitrogens with zero attached hydrogens (tertiary/aromatic N) is 2. The Bertz CT molecular complexity index is 973. The largest absolute Gasteiger partial charge is 0.493 e. The van der Waals surface area contributed by atoms with E-state index in [0.29, 0.717) is 23.9 Å². The maximum absolute atomic E-state index is 12.3. The monoisotopic (exact) mass is 467 g/mol. The average molecular weight is 468 g/mol. The van der Waals surface area contributed by atoms with Gasteiger partial charge in [-0.2, -0.15) is 5.10 Å². The van der Waals surface area contributed by atoms with Crippen molar-refractivity contribution >= 4 is 29.1 Å². The van der Waals surface area contributed by atoms with Gasteiger partial charge in [-0.25, -0.2) is 0 Å². The summed E-state index contributed by atoms with van der Waals surface area (Å²) in [6, 6.07) is 14.1. The van der Waals surface area contributed by atoms with E-state index in [1.807, 2.05) is 18.2 Å². The number of nitrogens with one attached hydrogen (secondary N) is 1. The molecule has 1 N–H and O–H groups in total. The predicted molar refractivity (Wildman–Crippen MR) is 137 cm³/mol. The molecule has 1 amide bonds. The summed E-state index contributed by atoms with van der Waals surface area (Å²) in [5.74, 6) is 1.36. The van der Waals surface area contributed by atoms with E-state index in [-0.39, 0.29) is 11.2 Å². The molecule has 0 saturated carbocycles. The molecule has 2 aromatic rings. The zero-order valence-corrected chi connectivity index (χ0v) is 20.5. The van der Waals surface area contributed by atoms with Gasteiger partial charge >= 0.3 is 0 Å². The van der Waals surface area contributed by atoms with Crippen LogP contribution in [0.2, 0.25) is 0 Å². The first-order valence-corrected chi connectivity index (χ1v) is 12.5. The van der Waals surface area contributed by atoms with Gasteiger partial charge in [0.1, 0.15) is 0 Å². The van der Waals surface area contributed by atoms with Crippen LogP contribution in [0.1, 0.15) is 56.2 Å². The van der Waals surface area contributed by atoms with Gasteiger partial charge in [0.25, 0.3) is 0 Å². The number of hydrogen-bond donors (Lipinski definition) is 1. The summed E-state index contributed by atoms with van der Waals surface area (Å²) in [6.07, 6.45) is 7.95. The summed E-state index contributed by atoms with van der Waals surface area (Å²) >= 11 is 1.41. The number of amides is 1. The van der Waals surface area contributed by atoms with Crippen LogP contribution in [-0.4, -0.2) is 36.3 Å². The van der Waals surface area contributed by atoms with Crippen molar-refractivity contribution in [3.63, 3.8) is 0 Å². The molecule has 1 aliphatic heterocycles. The molecular weight excluding hydrogens is 434 g/mol. The van der Waals surface area contributed by atoms with Gasteiger partial charge in [0.15, 0.2) is 16.7 Å². The summed E-state index contributed by atoms with van der Waals surface area (Å²) in [4.78, 5) is 12.3. The quantitative estimate of drug-likeness (QED) is 0.258. The molecule has 33 heavy (non-hydrogen) atoms. The van der Waals surface area contributed by atoms with E-state index in [2.05, 4.69) is 53.6 Å². The maximum atomic E-state index is 12.3. The Morgan fingerprint density at radius 2 is 1.82 bits per heavy atom. The van der Waals surface area contributed by atoms with E-state index >= 15 is 0 Å². The summed E-state index contributed by atoms with van der Waals surface area (Å²) in [7, 11) is 1.63. The minimum atomic E-state index is -0.194. The molecule has 176 valence electrons. The van der Waals surface area contributed by atoms with E-state index in [4.69, 9.17) is 9.47 Å². The zero-order valence-electron chi connectivity index (χ0n) is 19.7. The Morgan fingerprint density at radius 1 is 1.03 bits per heavy atom. The lowest BCUT2D eigenvalue weighted by atomic mass is 10.1. The van der Waals surface area contributed by atoms with Gasteiger partial charge in [-0.3, -0.25) is 4.79 Å². The summed E-state index contributed by atoms with van der Waals surface area (Å²) < 4.78 is 11.3. The minimum absolute atomic E-state index is 0.0318. The number of carbonyl (C=O) groups is 1. The molecule has 0 spiro atoms. The van der Waals surface area contributed by atoms with Gasteiger partial charge < -0.3 is 14.8 Å². The van der Waals surface area contributed by atoms with Crippen molar-refractivity contribution in [3.8, 4) is 11.5 Å². The second-order valence-corrected chi connectivity index (χ2v) is 9.13. The fourth-order valence-electron chi connectivity index (χ4n) is 3.45. The van der Waals surface area contributed by atoms with Crippen LogP contribution in [0.25, 0.3) is 0 Å². The van der Waals surface area contributed by atoms with Crippen LogP contribution in [0.15, 0.2) is 52.7 Å². The van der Waals surface area contributed by atoms with E-state index in [1.54, 1.807) is 13.3 Å². The number of benzene rings is 2. The molecule has 1 saturated heterocycles. The number of unbranched alkanes of at least 4 members (excludes halogenated alkanes) is 3. The lowest BCUT2D eigenvalue weighted by Gasteiger charge is -2.11. The second-order valence-electron chi connectivity index (χ2n) is 7.94. The highest BCUT2D eigenvalue weighted by Crippen LogP contribution is 2.28. The third kappa shape index (κ3) is 7.63. The molecule has 1 atom stereocenters. The molecule has 1 heterocycles. The summed E-state index contributed by atoms with van der Waals surface area (Å²) in [5.41, 5.74) is 3.28. The highest BCUT2D eigenvalue weighted by atomic mass is 32.2. The number of carbonyl (C=O) groups excluding carboxylic acids is 1. The van der Waals surface area contributed by atoms with Crippen molar-refractivity contribution in [2.24, 2.45) is 10.2 Å². The van der Waals surface area contributed by atoms with Crippen LogP contribution in [-0.2, 0) is 17.6 Å². The van der Waals surface area contributed by atoms with Crippen molar-refractivity contribution in [1.82, 2.24) is 5.32 Å². The highest BCUT2D eigenvalue weighted by Gasteiger charge is 2.30. The number of ether oxygens (including phenoxy) is 2. The van der Waals surface area contributed by atoms with Crippen LogP contribution in [0.5, 0.6) is 11.5 Å². The predicted octanol–water partition coefficient (Wildman–Crippen LogP) is 5.38. The van der Waals surface area contributed by atoms with Gasteiger partial charge in [0.2, 0.25) is 5.91 Å². The van der Waals surface area contributed by atoms with Crippen LogP contribution >= 0.6 is 11.8 Å². The topological polar surface area (TPSA) is 72.3 Å². The Kier molecular flexibility index (Phi) is 9.81. The van der Waals surface area contributed by atoms with Gasteiger partial charge in [-0.05, 0) is 54.2 Å². The van der Waals surface area contributed by atoms with Gasteiger partial charge in [0, 0.05) is 0 Å². The summed E-state index contributed by atoms with van der Waals surface area (Å²) in [5, 5.41) is 11.5. The van der Waals surface area contributed by atoms with Crippen LogP contribution in [0.3, 0.4) is 0 Å². The third-order valence-corrected chi connectivity index (χ3v) is 6.50. The number of amidine groups is 1. The fraction of sp³-hybridized carbons (Fsp3) is 0.423. The first-order valence-electron chi connectivity index (χ1n) is 11.6. The second kappa shape index (κ2) is 13.0. The summed E-state index contributed by atoms with van der Waals surface area (Å²) in [6.45, 7) is 5.00. The van der Waals surface area contributed by atoms with Gasteiger partial charge in [-0.1, -0.05) is 69.1 Å². The Morgan fingerprint density at radius 3 is 2.55 bits per heavy atom. The maximum Gasteiger partial charge on any atom is 0.239 e. The Balaban J connectivity index is 1.54. The van der Waals surface area contributed by atoms with E-state index in [1.165, 1.54) is 36.6 Å². The Labute approximate surface area is 200 Å². The SMILES string of the molecule is CCCCCCOc1ccc(/C=N\N=C2\NC(=O)[C@H](Cc3ccc(CC)cc3)S2)cc1OC. The third-order valence-electron chi connectivity index (χ3n) is 5.43. The first-order chi connectivity index (χ1) is 16.1. The lowest BCUT2D eigenvalue weighted by molar-refractivity contribution is -0.118. The molecule has 1 aliphatic rings. The molecule has 0 aliphatic carbocycles. The van der Waals surface area contributed by atoms with E-state index in [9.17, 15) is 4.79 Å². The lowest BCUT2D eigenvalue weighted by Crippen LogP contribution is -2.25. The molecule has 7 heteroatoms. The smallest absolute Gasteiger partial charge is 0.239 e. The standard InChI is InChI=1S/C26H33N3O3S/c1-4-6-7-8-15-32-22-14-13-21(16-23(22)31-3)18-27-29-26-28-25(30)24(33-26)17-20-11-9-19(5-2)10-12-20/h9-14,16,18,24H,4-8,15,17H2,1-3H3,(H,28,29,30)/b27-18-/t24-/m0/s1. The molecule has 3 rings (SSSR count). The van der Waals surface area contributed by atoms with Crippen LogP contribution in [0, 0.1) is 0 Å². The van der Waals surface area contributed by atoms with Crippen LogP contribution < -0.4 is 14.8 Å². The number of aryl methyl sites for hydroxylation is 1. The first kappa shape index (κ1) is 24.8. The average Bonchev–Trinajstić information content (AvgIpc) is 3.18. The van der Waals surface area contributed by atoms with Crippen LogP contribution in [0.4, 0.5) is 0 Å². The number of rotatable bonds is 12. The molecule has 0 radical (unpaired) electrons. The van der Waals surface area contributed by atoms with Crippen molar-refractivity contribution in [2.45, 2.75) is 57.6 Å². The molecule has 0 unspecified atom stereocenters. The molecule has 6 nitrogen and oxygen atoms in total. The highest BCUT2D eigenvalue weighted by molar-refractivity contribution is 8.15. The minimum Gasteiger partial charge on any atom is -0.493 e. The normalized spacial score (nSPS) is 17.0. The van der Waals surface area contributed by atoms with Gasteiger partial charge in [-0.15, -0.1) is 5.10 Å². The number of methoxy groups -OCH3 is 1. The van der Waals surface area contributed by atoms with Crippen molar-refractivity contribution in [3.05, 3.63) is 59.2 Å². The molecule has 0 aromatic heterocycles. The molecule has 0 bridgehead atoms.